The highest BCUT2D eigenvalue weighted by Gasteiger charge is 2.38. The molecule has 3 heterocycles. The second-order valence-electron chi connectivity index (χ2n) is 14.5. The number of hydrogen-bond acceptors (Lipinski definition) is 3. The second kappa shape index (κ2) is 11.9. The maximum absolute atomic E-state index is 5.19. The number of aryl methyl sites for hydroxylation is 1. The van der Waals surface area contributed by atoms with Gasteiger partial charge in [0.15, 0.2) is 11.6 Å². The Morgan fingerprint density at radius 1 is 0.577 bits per heavy atom. The molecule has 52 heavy (non-hydrogen) atoms. The van der Waals surface area contributed by atoms with Crippen LogP contribution in [0.4, 0.5) is 0 Å². The molecule has 0 aliphatic heterocycles. The van der Waals surface area contributed by atoms with Crippen molar-refractivity contribution in [1.29, 1.82) is 0 Å². The molecule has 0 spiro atoms. The van der Waals surface area contributed by atoms with E-state index in [1.807, 2.05) is 36.4 Å². The first-order valence-corrected chi connectivity index (χ1v) is 18.1. The number of benzene rings is 5. The van der Waals surface area contributed by atoms with E-state index < -0.39 is 0 Å². The van der Waals surface area contributed by atoms with Crippen molar-refractivity contribution in [2.45, 2.75) is 26.7 Å². The van der Waals surface area contributed by atoms with Gasteiger partial charge in [0.1, 0.15) is 0 Å². The Kier molecular flexibility index (Phi) is 6.97. The first-order valence-electron chi connectivity index (χ1n) is 18.1. The van der Waals surface area contributed by atoms with Gasteiger partial charge < -0.3 is 4.57 Å². The Balaban J connectivity index is 1.11. The van der Waals surface area contributed by atoms with Crippen molar-refractivity contribution in [3.63, 3.8) is 0 Å². The van der Waals surface area contributed by atoms with Crippen LogP contribution in [0.1, 0.15) is 35.0 Å². The highest BCUT2D eigenvalue weighted by Crippen LogP contribution is 2.47. The van der Waals surface area contributed by atoms with Crippen LogP contribution in [0.3, 0.4) is 0 Å². The summed E-state index contributed by atoms with van der Waals surface area (Å²) in [5.41, 5.74) is 11.8. The number of aromatic nitrogens is 5. The fourth-order valence-electron chi connectivity index (χ4n) is 8.39. The largest absolute Gasteiger partial charge is 0.313 e. The van der Waals surface area contributed by atoms with Gasteiger partial charge >= 0.3 is 0 Å². The van der Waals surface area contributed by atoms with Crippen LogP contribution < -0.4 is 0 Å². The Labute approximate surface area is 303 Å². The van der Waals surface area contributed by atoms with E-state index in [9.17, 15) is 0 Å². The van der Waals surface area contributed by atoms with Gasteiger partial charge in [-0.25, -0.2) is 4.98 Å². The van der Waals surface area contributed by atoms with Crippen molar-refractivity contribution in [3.05, 3.63) is 174 Å². The van der Waals surface area contributed by atoms with E-state index >= 15 is 0 Å². The van der Waals surface area contributed by atoms with Gasteiger partial charge in [0.05, 0.1) is 11.0 Å². The Hall–Kier alpha value is -6.33. The predicted molar refractivity (Wildman–Crippen MR) is 213 cm³/mol. The van der Waals surface area contributed by atoms with Gasteiger partial charge in [-0.3, -0.25) is 4.57 Å². The molecule has 0 N–H and O–H groups in total. The molecule has 10 rings (SSSR count). The van der Waals surface area contributed by atoms with Crippen LogP contribution in [0.15, 0.2) is 146 Å². The lowest BCUT2D eigenvalue weighted by Gasteiger charge is -2.38. The normalized spacial score (nSPS) is 17.8. The van der Waals surface area contributed by atoms with Crippen molar-refractivity contribution in [2.24, 2.45) is 11.3 Å². The first-order chi connectivity index (χ1) is 25.5. The van der Waals surface area contributed by atoms with Gasteiger partial charge in [0.25, 0.3) is 0 Å². The van der Waals surface area contributed by atoms with Gasteiger partial charge in [-0.2, -0.15) is 9.97 Å². The average Bonchev–Trinajstić information content (AvgIpc) is 3.70. The minimum absolute atomic E-state index is 0.122. The molecule has 5 heteroatoms. The summed E-state index contributed by atoms with van der Waals surface area (Å²) in [6.45, 7) is 4.58. The molecule has 0 amide bonds. The van der Waals surface area contributed by atoms with Crippen LogP contribution in [0, 0.1) is 18.3 Å². The number of rotatable bonds is 5. The fraction of sp³-hybridized carbons (Fsp3) is 0.128. The van der Waals surface area contributed by atoms with Crippen LogP contribution in [0.2, 0.25) is 0 Å². The van der Waals surface area contributed by atoms with Crippen molar-refractivity contribution < 1.29 is 0 Å². The minimum atomic E-state index is -0.122. The van der Waals surface area contributed by atoms with E-state index in [4.69, 9.17) is 15.0 Å². The van der Waals surface area contributed by atoms with Gasteiger partial charge in [-0.05, 0) is 55.4 Å². The summed E-state index contributed by atoms with van der Waals surface area (Å²) in [4.78, 5) is 15.4. The molecule has 2 aliphatic carbocycles. The van der Waals surface area contributed by atoms with Gasteiger partial charge in [-0.1, -0.05) is 146 Å². The number of nitrogens with zero attached hydrogens (tertiary/aromatic N) is 5. The molecule has 2 unspecified atom stereocenters. The summed E-state index contributed by atoms with van der Waals surface area (Å²) in [5.74, 6) is 2.22. The smallest absolute Gasteiger partial charge is 0.238 e. The Bertz CT molecular complexity index is 2640. The standard InChI is InChI=1S/C47H37N5/c1-31-21-24-35(25-22-31)51-40-19-11-9-18-37(40)39-27-28-47(2,30-43(39)51)34-23-26-38-36-17-10-12-20-41(36)52(42(38)29-34)46-49-44(32-13-5-3-6-14-32)48-45(50-46)33-15-7-4-8-16-33/h3-28,34H,29-30H2,1-2H3. The molecular formula is C47H37N5. The zero-order valence-electron chi connectivity index (χ0n) is 29.2. The molecule has 2 aliphatic rings. The van der Waals surface area contributed by atoms with Crippen molar-refractivity contribution >= 4 is 34.0 Å². The van der Waals surface area contributed by atoms with E-state index in [1.165, 1.54) is 50.1 Å². The predicted octanol–water partition coefficient (Wildman–Crippen LogP) is 10.9. The zero-order chi connectivity index (χ0) is 34.8. The summed E-state index contributed by atoms with van der Waals surface area (Å²) in [6, 6.07) is 46.9. The van der Waals surface area contributed by atoms with Crippen LogP contribution in [0.5, 0.6) is 0 Å². The first kappa shape index (κ1) is 30.5. The lowest BCUT2D eigenvalue weighted by atomic mass is 9.67. The third-order valence-electron chi connectivity index (χ3n) is 11.1. The lowest BCUT2D eigenvalue weighted by molar-refractivity contribution is 0.295. The maximum atomic E-state index is 5.19. The van der Waals surface area contributed by atoms with Gasteiger partial charge in [0.2, 0.25) is 5.95 Å². The summed E-state index contributed by atoms with van der Waals surface area (Å²) >= 11 is 0. The molecule has 3 aromatic heterocycles. The quantitative estimate of drug-likeness (QED) is 0.183. The zero-order valence-corrected chi connectivity index (χ0v) is 29.2. The molecule has 8 aromatic rings. The van der Waals surface area contributed by atoms with Crippen LogP contribution >= 0.6 is 0 Å². The van der Waals surface area contributed by atoms with Gasteiger partial charge in [-0.15, -0.1) is 0 Å². The maximum Gasteiger partial charge on any atom is 0.238 e. The third-order valence-corrected chi connectivity index (χ3v) is 11.1. The molecule has 0 fully saturated rings. The van der Waals surface area contributed by atoms with E-state index in [0.29, 0.717) is 17.6 Å². The number of fused-ring (bicyclic) bond motifs is 6. The summed E-state index contributed by atoms with van der Waals surface area (Å²) in [6.07, 6.45) is 11.4. The minimum Gasteiger partial charge on any atom is -0.313 e. The Morgan fingerprint density at radius 3 is 1.77 bits per heavy atom. The molecule has 5 nitrogen and oxygen atoms in total. The SMILES string of the molecule is Cc1ccc(-n2c3c(c4ccccc42)C=CC(C)(C2C=Cc4c(n(-c5nc(-c6ccccc6)nc(-c6ccccc6)n5)c5ccccc45)C2)C3)cc1. The van der Waals surface area contributed by atoms with Crippen molar-refractivity contribution in [3.8, 4) is 34.4 Å². The third kappa shape index (κ3) is 4.88. The van der Waals surface area contributed by atoms with E-state index in [0.717, 1.165) is 29.5 Å². The van der Waals surface area contributed by atoms with E-state index in [-0.39, 0.29) is 11.3 Å². The molecule has 0 bridgehead atoms. The molecule has 0 saturated carbocycles. The fourth-order valence-corrected chi connectivity index (χ4v) is 8.39. The molecule has 5 aromatic carbocycles. The van der Waals surface area contributed by atoms with Gasteiger partial charge in [0, 0.05) is 50.1 Å². The summed E-state index contributed by atoms with van der Waals surface area (Å²) < 4.78 is 4.79. The van der Waals surface area contributed by atoms with Crippen LogP contribution in [-0.4, -0.2) is 24.1 Å². The number of para-hydroxylation sites is 2. The molecule has 2 atom stereocenters. The van der Waals surface area contributed by atoms with E-state index in [1.54, 1.807) is 0 Å². The summed E-state index contributed by atoms with van der Waals surface area (Å²) in [5, 5.41) is 2.51. The van der Waals surface area contributed by atoms with Crippen molar-refractivity contribution in [1.82, 2.24) is 24.1 Å². The molecule has 0 saturated heterocycles. The molecule has 0 radical (unpaired) electrons. The lowest BCUT2D eigenvalue weighted by Crippen LogP contribution is -2.32. The topological polar surface area (TPSA) is 48.5 Å². The second-order valence-corrected chi connectivity index (χ2v) is 14.5. The molecule has 250 valence electrons. The van der Waals surface area contributed by atoms with E-state index in [2.05, 4.69) is 144 Å². The average molecular weight is 672 g/mol. The highest BCUT2D eigenvalue weighted by atomic mass is 15.2. The monoisotopic (exact) mass is 671 g/mol. The number of allylic oxidation sites excluding steroid dienone is 2. The molecular weight excluding hydrogens is 635 g/mol. The van der Waals surface area contributed by atoms with Crippen molar-refractivity contribution in [2.75, 3.05) is 0 Å². The van der Waals surface area contributed by atoms with Crippen LogP contribution in [0.25, 0.3) is 68.4 Å². The summed E-state index contributed by atoms with van der Waals surface area (Å²) in [7, 11) is 0. The van der Waals surface area contributed by atoms with Crippen LogP contribution in [-0.2, 0) is 12.8 Å². The Morgan fingerprint density at radius 2 is 1.13 bits per heavy atom. The highest BCUT2D eigenvalue weighted by molar-refractivity contribution is 5.95. The number of hydrogen-bond donors (Lipinski definition) is 0.